The van der Waals surface area contributed by atoms with E-state index in [-0.39, 0.29) is 16.4 Å². The minimum absolute atomic E-state index is 0.0892. The molecule has 7 heteroatoms. The van der Waals surface area contributed by atoms with Gasteiger partial charge in [-0.1, -0.05) is 32.8 Å². The molecule has 2 aromatic carbocycles. The Kier molecular flexibility index (Phi) is 5.79. The summed E-state index contributed by atoms with van der Waals surface area (Å²) in [4.78, 5) is 1.63. The molecule has 0 unspecified atom stereocenters. The van der Waals surface area contributed by atoms with Crippen LogP contribution in [0.15, 0.2) is 41.3 Å². The van der Waals surface area contributed by atoms with Crippen molar-refractivity contribution in [3.8, 4) is 11.4 Å². The molecule has 3 aromatic rings. The lowest BCUT2D eigenvalue weighted by molar-refractivity contribution is 0.467. The summed E-state index contributed by atoms with van der Waals surface area (Å²) in [5.74, 6) is 0.218. The van der Waals surface area contributed by atoms with Crippen molar-refractivity contribution in [3.63, 3.8) is 0 Å². The fourth-order valence-electron chi connectivity index (χ4n) is 2.91. The SMILES string of the molecule is CCCCc1ccc(O)c(-n2nc3ccc(S(=O)(=O)CCCC)cc3n2)c1. The summed E-state index contributed by atoms with van der Waals surface area (Å²) < 4.78 is 24.8. The van der Waals surface area contributed by atoms with Crippen molar-refractivity contribution in [1.29, 1.82) is 0 Å². The molecule has 0 bridgehead atoms. The Balaban J connectivity index is 1.98. The fraction of sp³-hybridized carbons (Fsp3) is 0.400. The number of benzene rings is 2. The number of aromatic hydroxyl groups is 1. The number of aromatic nitrogens is 3. The second-order valence-electron chi connectivity index (χ2n) is 6.74. The first-order valence-electron chi connectivity index (χ1n) is 9.36. The number of sulfone groups is 1. The monoisotopic (exact) mass is 387 g/mol. The van der Waals surface area contributed by atoms with Crippen LogP contribution in [0.3, 0.4) is 0 Å². The van der Waals surface area contributed by atoms with Crippen LogP contribution in [0.5, 0.6) is 5.75 Å². The Labute approximate surface area is 159 Å². The van der Waals surface area contributed by atoms with Crippen molar-refractivity contribution < 1.29 is 13.5 Å². The lowest BCUT2D eigenvalue weighted by atomic mass is 10.1. The highest BCUT2D eigenvalue weighted by Gasteiger charge is 2.16. The van der Waals surface area contributed by atoms with Gasteiger partial charge in [0.15, 0.2) is 9.84 Å². The van der Waals surface area contributed by atoms with E-state index in [4.69, 9.17) is 0 Å². The summed E-state index contributed by atoms with van der Waals surface area (Å²) in [7, 11) is -3.32. The molecule has 0 atom stereocenters. The smallest absolute Gasteiger partial charge is 0.178 e. The summed E-state index contributed by atoms with van der Waals surface area (Å²) in [5, 5.41) is 19.0. The van der Waals surface area contributed by atoms with E-state index in [0.29, 0.717) is 23.1 Å². The predicted octanol–water partition coefficient (Wildman–Crippen LogP) is 4.04. The second kappa shape index (κ2) is 8.08. The van der Waals surface area contributed by atoms with Gasteiger partial charge >= 0.3 is 0 Å². The van der Waals surface area contributed by atoms with Gasteiger partial charge in [-0.25, -0.2) is 8.42 Å². The quantitative estimate of drug-likeness (QED) is 0.630. The number of fused-ring (bicyclic) bond motifs is 1. The van der Waals surface area contributed by atoms with Crippen molar-refractivity contribution in [1.82, 2.24) is 15.0 Å². The first kappa shape index (κ1) is 19.4. The second-order valence-corrected chi connectivity index (χ2v) is 8.85. The molecule has 144 valence electrons. The number of unbranched alkanes of at least 4 members (excludes halogenated alkanes) is 2. The largest absolute Gasteiger partial charge is 0.506 e. The van der Waals surface area contributed by atoms with Crippen LogP contribution in [0.25, 0.3) is 16.7 Å². The van der Waals surface area contributed by atoms with E-state index >= 15 is 0 Å². The number of rotatable bonds is 8. The molecule has 0 saturated carbocycles. The van der Waals surface area contributed by atoms with E-state index in [1.54, 1.807) is 24.3 Å². The van der Waals surface area contributed by atoms with Gasteiger partial charge in [-0.2, -0.15) is 0 Å². The Hall–Kier alpha value is -2.41. The maximum atomic E-state index is 12.4. The summed E-state index contributed by atoms with van der Waals surface area (Å²) >= 11 is 0. The van der Waals surface area contributed by atoms with Gasteiger partial charge in [0.2, 0.25) is 0 Å². The van der Waals surface area contributed by atoms with Crippen molar-refractivity contribution in [2.75, 3.05) is 5.75 Å². The molecular formula is C20H25N3O3S. The van der Waals surface area contributed by atoms with Gasteiger partial charge in [-0.15, -0.1) is 15.0 Å². The zero-order valence-electron chi connectivity index (χ0n) is 15.7. The third-order valence-electron chi connectivity index (χ3n) is 4.55. The number of hydrogen-bond donors (Lipinski definition) is 1. The average molecular weight is 388 g/mol. The van der Waals surface area contributed by atoms with Crippen molar-refractivity contribution in [2.45, 2.75) is 50.8 Å². The number of nitrogens with zero attached hydrogens (tertiary/aromatic N) is 3. The molecule has 0 aliphatic rings. The maximum Gasteiger partial charge on any atom is 0.178 e. The highest BCUT2D eigenvalue weighted by molar-refractivity contribution is 7.91. The number of aryl methyl sites for hydroxylation is 1. The topological polar surface area (TPSA) is 85.1 Å². The van der Waals surface area contributed by atoms with Gasteiger partial charge in [0.25, 0.3) is 0 Å². The number of phenols is 1. The van der Waals surface area contributed by atoms with Crippen LogP contribution in [-0.4, -0.2) is 34.3 Å². The third-order valence-corrected chi connectivity index (χ3v) is 6.35. The summed E-state index contributed by atoms with van der Waals surface area (Å²) in [6.07, 6.45) is 4.54. The Morgan fingerprint density at radius 3 is 2.44 bits per heavy atom. The number of hydrogen-bond acceptors (Lipinski definition) is 5. The molecule has 6 nitrogen and oxygen atoms in total. The minimum Gasteiger partial charge on any atom is -0.506 e. The molecule has 0 fully saturated rings. The van der Waals surface area contributed by atoms with E-state index < -0.39 is 9.84 Å². The fourth-order valence-corrected chi connectivity index (χ4v) is 4.38. The molecular weight excluding hydrogens is 362 g/mol. The molecule has 27 heavy (non-hydrogen) atoms. The highest BCUT2D eigenvalue weighted by atomic mass is 32.2. The first-order chi connectivity index (χ1) is 12.9. The highest BCUT2D eigenvalue weighted by Crippen LogP contribution is 2.25. The normalized spacial score (nSPS) is 11.9. The standard InChI is InChI=1S/C20H25N3O3S/c1-3-5-7-15-8-11-20(24)19(13-15)23-21-17-10-9-16(14-18(17)22-23)27(25,26)12-6-4-2/h8-11,13-14,24H,3-7,12H2,1-2H3. The van der Waals surface area contributed by atoms with Gasteiger partial charge in [-0.3, -0.25) is 0 Å². The zero-order chi connectivity index (χ0) is 19.4. The van der Waals surface area contributed by atoms with E-state index in [9.17, 15) is 13.5 Å². The van der Waals surface area contributed by atoms with Crippen LogP contribution in [0.2, 0.25) is 0 Å². The minimum atomic E-state index is -3.32. The molecule has 1 N–H and O–H groups in total. The molecule has 0 aliphatic carbocycles. The van der Waals surface area contributed by atoms with E-state index in [1.807, 2.05) is 19.1 Å². The lowest BCUT2D eigenvalue weighted by Gasteiger charge is -2.06. The molecule has 3 rings (SSSR count). The maximum absolute atomic E-state index is 12.4. The zero-order valence-corrected chi connectivity index (χ0v) is 16.5. The van der Waals surface area contributed by atoms with E-state index in [0.717, 1.165) is 31.2 Å². The van der Waals surface area contributed by atoms with Gasteiger partial charge in [0.05, 0.1) is 10.6 Å². The molecule has 0 aliphatic heterocycles. The van der Waals surface area contributed by atoms with Crippen molar-refractivity contribution >= 4 is 20.9 Å². The molecule has 0 saturated heterocycles. The van der Waals surface area contributed by atoms with Gasteiger partial charge in [0.1, 0.15) is 22.5 Å². The van der Waals surface area contributed by atoms with Crippen LogP contribution in [-0.2, 0) is 16.3 Å². The van der Waals surface area contributed by atoms with Gasteiger partial charge < -0.3 is 5.11 Å². The molecule has 0 amide bonds. The summed E-state index contributed by atoms with van der Waals surface area (Å²) in [6.45, 7) is 4.10. The molecule has 1 heterocycles. The predicted molar refractivity (Wildman–Crippen MR) is 106 cm³/mol. The van der Waals surface area contributed by atoms with Crippen LogP contribution in [0, 0.1) is 0 Å². The van der Waals surface area contributed by atoms with Crippen LogP contribution >= 0.6 is 0 Å². The van der Waals surface area contributed by atoms with Crippen LogP contribution in [0.4, 0.5) is 0 Å². The Morgan fingerprint density at radius 1 is 0.963 bits per heavy atom. The molecule has 0 radical (unpaired) electrons. The van der Waals surface area contributed by atoms with Gasteiger partial charge in [-0.05, 0) is 55.2 Å². The summed E-state index contributed by atoms with van der Waals surface area (Å²) in [5.41, 5.74) is 2.68. The Bertz CT molecular complexity index is 1040. The lowest BCUT2D eigenvalue weighted by Crippen LogP contribution is -2.06. The molecule has 0 spiro atoms. The molecule has 1 aromatic heterocycles. The number of phenolic OH excluding ortho intramolecular Hbond substituents is 1. The van der Waals surface area contributed by atoms with Crippen molar-refractivity contribution in [3.05, 3.63) is 42.0 Å². The van der Waals surface area contributed by atoms with Crippen LogP contribution in [0.1, 0.15) is 45.1 Å². The van der Waals surface area contributed by atoms with Gasteiger partial charge in [0, 0.05) is 0 Å². The first-order valence-corrected chi connectivity index (χ1v) is 11.0. The van der Waals surface area contributed by atoms with Crippen LogP contribution < -0.4 is 0 Å². The van der Waals surface area contributed by atoms with E-state index in [2.05, 4.69) is 17.1 Å². The third kappa shape index (κ3) is 4.30. The van der Waals surface area contributed by atoms with Crippen molar-refractivity contribution in [2.24, 2.45) is 0 Å². The Morgan fingerprint density at radius 2 is 1.70 bits per heavy atom. The summed E-state index contributed by atoms with van der Waals surface area (Å²) in [6, 6.07) is 10.2. The average Bonchev–Trinajstić information content (AvgIpc) is 3.08. The van der Waals surface area contributed by atoms with E-state index in [1.165, 1.54) is 4.80 Å².